The molecule has 0 atom stereocenters. The minimum atomic E-state index is -0.110. The number of benzene rings is 1. The van der Waals surface area contributed by atoms with Crippen LogP contribution in [0.25, 0.3) is 0 Å². The first-order chi connectivity index (χ1) is 8.34. The van der Waals surface area contributed by atoms with Crippen molar-refractivity contribution in [1.82, 2.24) is 5.32 Å². The zero-order valence-corrected chi connectivity index (χ0v) is 12.0. The molecule has 0 aliphatic rings. The zero-order valence-electron chi connectivity index (χ0n) is 9.82. The Hall–Kier alpha value is -0.660. The Morgan fingerprint density at radius 3 is 2.71 bits per heavy atom. The second-order valence-corrected chi connectivity index (χ2v) is 4.71. The van der Waals surface area contributed by atoms with Crippen LogP contribution < -0.4 is 26.9 Å². The number of nitrogens with one attached hydrogen (secondary N) is 1. The molecule has 1 N–H and O–H groups in total. The van der Waals surface area contributed by atoms with Gasteiger partial charge in [0.05, 0.1) is 0 Å². The predicted octanol–water partition coefficient (Wildman–Crippen LogP) is -1.92. The molecule has 96 valence electrons. The van der Waals surface area contributed by atoms with E-state index in [9.17, 15) is 4.79 Å². The van der Waals surface area contributed by atoms with E-state index < -0.39 is 0 Å². The van der Waals surface area contributed by atoms with Crippen LogP contribution in [0.3, 0.4) is 0 Å². The molecule has 0 saturated carbocycles. The van der Waals surface area contributed by atoms with Crippen molar-refractivity contribution in [3.8, 4) is 0 Å². The number of halogens is 1. The maximum atomic E-state index is 11.6. The first-order valence-corrected chi connectivity index (χ1v) is 8.40. The van der Waals surface area contributed by atoms with Gasteiger partial charge in [-0.2, -0.15) is 0 Å². The topological polar surface area (TPSA) is 47.6 Å². The third kappa shape index (κ3) is 6.60. The quantitative estimate of drug-likeness (QED) is 0.338. The number of rotatable bonds is 8. The van der Waals surface area contributed by atoms with Crippen LogP contribution in [0.15, 0.2) is 30.3 Å². The van der Waals surface area contributed by atoms with E-state index in [1.165, 1.54) is 0 Å². The first kappa shape index (κ1) is 14.4. The summed E-state index contributed by atoms with van der Waals surface area (Å²) in [7, 11) is 0. The van der Waals surface area contributed by atoms with Crippen LogP contribution >= 0.6 is 0 Å². The molecular weight excluding hydrogens is 333 g/mol. The van der Waals surface area contributed by atoms with Gasteiger partial charge in [-0.15, -0.1) is 0 Å². The summed E-state index contributed by atoms with van der Waals surface area (Å²) in [6.45, 7) is 2.28. The van der Waals surface area contributed by atoms with Gasteiger partial charge in [-0.05, 0) is 0 Å². The second kappa shape index (κ2) is 9.38. The molecule has 0 radical (unpaired) electrons. The van der Waals surface area contributed by atoms with E-state index in [0.29, 0.717) is 31.9 Å². The third-order valence-electron chi connectivity index (χ3n) is 1.98. The summed E-state index contributed by atoms with van der Waals surface area (Å²) in [6, 6.07) is 9.15. The van der Waals surface area contributed by atoms with Crippen molar-refractivity contribution in [2.75, 3.05) is 31.3 Å². The molecule has 0 aromatic heterocycles. The summed E-state index contributed by atoms with van der Waals surface area (Å²) in [5.41, 5.74) is 0.673. The third-order valence-corrected chi connectivity index (χ3v) is 3.05. The Labute approximate surface area is 112 Å². The van der Waals surface area contributed by atoms with Gasteiger partial charge < -0.3 is 0 Å². The van der Waals surface area contributed by atoms with Crippen LogP contribution in [0.4, 0.5) is 0 Å². The van der Waals surface area contributed by atoms with E-state index in [1.807, 2.05) is 18.2 Å². The Bertz CT molecular complexity index is 319. The first-order valence-electron chi connectivity index (χ1n) is 5.37. The van der Waals surface area contributed by atoms with Crippen LogP contribution in [0.1, 0.15) is 10.4 Å². The summed E-state index contributed by atoms with van der Waals surface area (Å²) in [6.07, 6.45) is 0. The standard InChI is InChI=1S/C12H17INO3/c1-13-17-10-9-16-8-7-14-12(15)11-5-3-2-4-6-11/h2-6H,7-10H2,1H3,(H,14,15)/q-1. The monoisotopic (exact) mass is 350 g/mol. The van der Waals surface area contributed by atoms with Crippen molar-refractivity contribution < 1.29 is 34.2 Å². The van der Waals surface area contributed by atoms with Crippen molar-refractivity contribution >= 4 is 5.91 Å². The number of carbonyl (C=O) groups excluding carboxylic acids is 1. The Balaban J connectivity index is 2.05. The molecule has 1 amide bonds. The van der Waals surface area contributed by atoms with Crippen molar-refractivity contribution in [2.24, 2.45) is 0 Å². The number of hydrogen-bond donors (Lipinski definition) is 1. The van der Waals surface area contributed by atoms with E-state index >= 15 is 0 Å². The van der Waals surface area contributed by atoms with Gasteiger partial charge in [0.15, 0.2) is 0 Å². The van der Waals surface area contributed by atoms with Crippen LogP contribution in [0, 0.1) is 0 Å². The molecule has 5 heteroatoms. The molecule has 17 heavy (non-hydrogen) atoms. The zero-order chi connectivity index (χ0) is 12.3. The van der Waals surface area contributed by atoms with Crippen LogP contribution in [-0.4, -0.2) is 37.2 Å². The Kier molecular flexibility index (Phi) is 7.94. The fourth-order valence-corrected chi connectivity index (χ4v) is 1.82. The summed E-state index contributed by atoms with van der Waals surface area (Å²) in [5, 5.41) is 2.79. The molecule has 0 unspecified atom stereocenters. The van der Waals surface area contributed by atoms with Crippen molar-refractivity contribution in [1.29, 1.82) is 0 Å². The average Bonchev–Trinajstić information content (AvgIpc) is 2.38. The predicted molar refractivity (Wildman–Crippen MR) is 61.5 cm³/mol. The van der Waals surface area contributed by atoms with Gasteiger partial charge >= 0.3 is 113 Å². The minimum absolute atomic E-state index is 0.0649. The summed E-state index contributed by atoms with van der Waals surface area (Å²) < 4.78 is 10.5. The average molecular weight is 350 g/mol. The number of ether oxygens (including phenoxy) is 1. The van der Waals surface area contributed by atoms with Gasteiger partial charge in [0.1, 0.15) is 0 Å². The summed E-state index contributed by atoms with van der Waals surface area (Å²) in [5.74, 6) is -0.0649. The van der Waals surface area contributed by atoms with Gasteiger partial charge in [0, 0.05) is 0 Å². The molecular formula is C12H17INO3-. The molecule has 0 heterocycles. The molecule has 0 aliphatic heterocycles. The van der Waals surface area contributed by atoms with Crippen molar-refractivity contribution in [2.45, 2.75) is 0 Å². The number of amides is 1. The van der Waals surface area contributed by atoms with Gasteiger partial charge in [0.25, 0.3) is 0 Å². The normalized spacial score (nSPS) is 10.4. The summed E-state index contributed by atoms with van der Waals surface area (Å²) in [4.78, 5) is 13.6. The molecule has 0 aliphatic carbocycles. The summed E-state index contributed by atoms with van der Waals surface area (Å²) >= 11 is -0.110. The molecule has 0 saturated heterocycles. The van der Waals surface area contributed by atoms with Crippen molar-refractivity contribution in [3.05, 3.63) is 35.9 Å². The number of alkyl halides is 1. The van der Waals surface area contributed by atoms with E-state index in [2.05, 4.69) is 10.2 Å². The van der Waals surface area contributed by atoms with Gasteiger partial charge in [-0.1, -0.05) is 0 Å². The molecule has 4 nitrogen and oxygen atoms in total. The van der Waals surface area contributed by atoms with Crippen LogP contribution in [0.2, 0.25) is 0 Å². The van der Waals surface area contributed by atoms with E-state index in [4.69, 9.17) is 7.80 Å². The van der Waals surface area contributed by atoms with Crippen LogP contribution in [0.5, 0.6) is 0 Å². The SMILES string of the molecule is C[I-]OCCOCCNC(=O)c1ccccc1. The number of hydrogen-bond acceptors (Lipinski definition) is 3. The molecule has 0 bridgehead atoms. The fourth-order valence-electron chi connectivity index (χ4n) is 1.20. The van der Waals surface area contributed by atoms with Crippen molar-refractivity contribution in [3.63, 3.8) is 0 Å². The molecule has 0 fully saturated rings. The van der Waals surface area contributed by atoms with Gasteiger partial charge in [0.2, 0.25) is 0 Å². The fraction of sp³-hybridized carbons (Fsp3) is 0.417. The Morgan fingerprint density at radius 1 is 1.24 bits per heavy atom. The molecule has 0 spiro atoms. The van der Waals surface area contributed by atoms with E-state index in [1.54, 1.807) is 12.1 Å². The van der Waals surface area contributed by atoms with E-state index in [0.717, 1.165) is 0 Å². The molecule has 1 aromatic rings. The Morgan fingerprint density at radius 2 is 2.00 bits per heavy atom. The van der Waals surface area contributed by atoms with Crippen LogP contribution in [-0.2, 0) is 7.80 Å². The second-order valence-electron chi connectivity index (χ2n) is 3.20. The van der Waals surface area contributed by atoms with Gasteiger partial charge in [-0.25, -0.2) is 0 Å². The molecule has 1 aromatic carbocycles. The maximum absolute atomic E-state index is 11.6. The van der Waals surface area contributed by atoms with E-state index in [-0.39, 0.29) is 27.5 Å². The number of carbonyl (C=O) groups is 1. The van der Waals surface area contributed by atoms with Gasteiger partial charge in [-0.3, -0.25) is 0 Å². The molecule has 1 rings (SSSR count).